The van der Waals surface area contributed by atoms with Gasteiger partial charge in [0.15, 0.2) is 9.84 Å². The summed E-state index contributed by atoms with van der Waals surface area (Å²) >= 11 is 0. The van der Waals surface area contributed by atoms with Crippen molar-refractivity contribution in [3.8, 4) is 0 Å². The minimum absolute atomic E-state index is 0.0190. The number of aryl methyl sites for hydroxylation is 2. The van der Waals surface area contributed by atoms with Crippen molar-refractivity contribution >= 4 is 9.84 Å². The number of hydrogen-bond donors (Lipinski definition) is 1. The normalized spacial score (nSPS) is 16.2. The smallest absolute Gasteiger partial charge is 0.153 e. The van der Waals surface area contributed by atoms with Gasteiger partial charge < -0.3 is 5.11 Å². The highest BCUT2D eigenvalue weighted by molar-refractivity contribution is 7.91. The van der Waals surface area contributed by atoms with Gasteiger partial charge in [-0.2, -0.15) is 5.10 Å². The van der Waals surface area contributed by atoms with Gasteiger partial charge in [-0.05, 0) is 31.9 Å². The lowest BCUT2D eigenvalue weighted by Gasteiger charge is -2.34. The third-order valence-electron chi connectivity index (χ3n) is 4.03. The van der Waals surface area contributed by atoms with E-state index in [9.17, 15) is 13.5 Å². The zero-order valence-corrected chi connectivity index (χ0v) is 14.0. The van der Waals surface area contributed by atoms with Gasteiger partial charge in [-0.3, -0.25) is 0 Å². The molecule has 22 heavy (non-hydrogen) atoms. The van der Waals surface area contributed by atoms with Crippen LogP contribution in [-0.2, 0) is 22.0 Å². The van der Waals surface area contributed by atoms with E-state index in [4.69, 9.17) is 0 Å². The van der Waals surface area contributed by atoms with E-state index < -0.39 is 20.7 Å². The lowest BCUT2D eigenvalue weighted by molar-refractivity contribution is 0.0139. The number of aromatic nitrogens is 3. The number of hydrogen-bond acceptors (Lipinski definition) is 5. The Morgan fingerprint density at radius 1 is 1.36 bits per heavy atom. The van der Waals surface area contributed by atoms with Crippen LogP contribution in [0, 0.1) is 13.8 Å². The maximum absolute atomic E-state index is 12.1. The summed E-state index contributed by atoms with van der Waals surface area (Å²) in [6.45, 7) is 5.35. The van der Waals surface area contributed by atoms with Crippen LogP contribution in [0.2, 0.25) is 0 Å². The minimum atomic E-state index is -3.45. The summed E-state index contributed by atoms with van der Waals surface area (Å²) in [4.78, 5) is 3.85. The van der Waals surface area contributed by atoms with Crippen LogP contribution < -0.4 is 0 Å². The number of rotatable bonds is 5. The fourth-order valence-electron chi connectivity index (χ4n) is 2.65. The molecule has 2 rings (SSSR count). The van der Waals surface area contributed by atoms with Crippen molar-refractivity contribution in [1.82, 2.24) is 14.8 Å². The van der Waals surface area contributed by atoms with Crippen LogP contribution in [0.15, 0.2) is 30.9 Å². The molecule has 6 nitrogen and oxygen atoms in total. The first-order valence-corrected chi connectivity index (χ1v) is 8.91. The van der Waals surface area contributed by atoms with Gasteiger partial charge in [0.25, 0.3) is 0 Å². The summed E-state index contributed by atoms with van der Waals surface area (Å²) in [5.74, 6) is 0. The molecule has 0 saturated heterocycles. The molecule has 1 aromatic carbocycles. The fourth-order valence-corrected chi connectivity index (χ4v) is 3.56. The van der Waals surface area contributed by atoms with E-state index in [1.807, 2.05) is 26.0 Å². The highest BCUT2D eigenvalue weighted by atomic mass is 32.2. The van der Waals surface area contributed by atoms with E-state index >= 15 is 0 Å². The maximum Gasteiger partial charge on any atom is 0.153 e. The average molecular weight is 323 g/mol. The minimum Gasteiger partial charge on any atom is -0.382 e. The predicted molar refractivity (Wildman–Crippen MR) is 84.1 cm³/mol. The molecule has 1 aromatic heterocycles. The number of nitrogens with zero attached hydrogens (tertiary/aromatic N) is 3. The van der Waals surface area contributed by atoms with Crippen LogP contribution >= 0.6 is 0 Å². The lowest BCUT2D eigenvalue weighted by atomic mass is 9.86. The van der Waals surface area contributed by atoms with Crippen LogP contribution in [0.25, 0.3) is 0 Å². The quantitative estimate of drug-likeness (QED) is 0.894. The molecule has 0 radical (unpaired) electrons. The zero-order valence-electron chi connectivity index (χ0n) is 13.2. The van der Waals surface area contributed by atoms with Gasteiger partial charge in [-0.15, -0.1) is 0 Å². The summed E-state index contributed by atoms with van der Waals surface area (Å²) in [7, 11) is -3.45. The first-order valence-electron chi connectivity index (χ1n) is 6.96. The van der Waals surface area contributed by atoms with Crippen molar-refractivity contribution < 1.29 is 13.5 Å². The van der Waals surface area contributed by atoms with Gasteiger partial charge in [0.2, 0.25) is 0 Å². The predicted octanol–water partition coefficient (Wildman–Crippen LogP) is 1.22. The molecule has 120 valence electrons. The summed E-state index contributed by atoms with van der Waals surface area (Å²) in [5, 5.41) is 14.3. The van der Waals surface area contributed by atoms with Crippen molar-refractivity contribution in [1.29, 1.82) is 0 Å². The van der Waals surface area contributed by atoms with Gasteiger partial charge >= 0.3 is 0 Å². The van der Waals surface area contributed by atoms with Crippen molar-refractivity contribution in [2.24, 2.45) is 0 Å². The van der Waals surface area contributed by atoms with E-state index in [0.717, 1.165) is 17.4 Å². The topological polar surface area (TPSA) is 85.1 Å². The Bertz CT molecular complexity index is 756. The summed E-state index contributed by atoms with van der Waals surface area (Å²) in [6, 6.07) is 5.57. The molecule has 0 aliphatic heterocycles. The highest BCUT2D eigenvalue weighted by Crippen LogP contribution is 2.33. The van der Waals surface area contributed by atoms with Gasteiger partial charge in [0, 0.05) is 6.26 Å². The van der Waals surface area contributed by atoms with E-state index in [0.29, 0.717) is 5.56 Å². The molecule has 7 heteroatoms. The molecular weight excluding hydrogens is 302 g/mol. The standard InChI is InChI=1S/C15H21N3O3S/c1-11-5-6-14(12(2)7-11)15(19,13(3)22(4,20)21)8-18-10-16-9-17-18/h5-7,9-10,13,19H,8H2,1-4H3. The molecular formula is C15H21N3O3S. The zero-order chi connectivity index (χ0) is 16.5. The van der Waals surface area contributed by atoms with E-state index in [1.165, 1.54) is 24.3 Å². The highest BCUT2D eigenvalue weighted by Gasteiger charge is 2.43. The van der Waals surface area contributed by atoms with Crippen LogP contribution in [0.4, 0.5) is 0 Å². The van der Waals surface area contributed by atoms with Crippen LogP contribution in [0.1, 0.15) is 23.6 Å². The SMILES string of the molecule is Cc1ccc(C(O)(Cn2cncn2)C(C)S(C)(=O)=O)c(C)c1. The maximum atomic E-state index is 12.1. The molecule has 0 aliphatic rings. The molecule has 0 saturated carbocycles. The molecule has 0 bridgehead atoms. The molecule has 2 unspecified atom stereocenters. The van der Waals surface area contributed by atoms with Gasteiger partial charge in [-0.1, -0.05) is 23.8 Å². The summed E-state index contributed by atoms with van der Waals surface area (Å²) in [5.41, 5.74) is 0.903. The van der Waals surface area contributed by atoms with E-state index in [-0.39, 0.29) is 6.54 Å². The van der Waals surface area contributed by atoms with Crippen molar-refractivity contribution in [2.75, 3.05) is 6.26 Å². The first-order chi connectivity index (χ1) is 10.1. The van der Waals surface area contributed by atoms with Crippen LogP contribution in [0.5, 0.6) is 0 Å². The largest absolute Gasteiger partial charge is 0.382 e. The van der Waals surface area contributed by atoms with E-state index in [1.54, 1.807) is 6.07 Å². The molecule has 2 atom stereocenters. The average Bonchev–Trinajstić information content (AvgIpc) is 2.89. The van der Waals surface area contributed by atoms with E-state index in [2.05, 4.69) is 10.1 Å². The van der Waals surface area contributed by atoms with Crippen LogP contribution in [0.3, 0.4) is 0 Å². The monoisotopic (exact) mass is 323 g/mol. The molecule has 0 amide bonds. The first kappa shape index (κ1) is 16.6. The van der Waals surface area contributed by atoms with Gasteiger partial charge in [-0.25, -0.2) is 18.1 Å². The van der Waals surface area contributed by atoms with Crippen LogP contribution in [-0.4, -0.2) is 39.8 Å². The third kappa shape index (κ3) is 3.20. The number of benzene rings is 1. The third-order valence-corrected chi connectivity index (χ3v) is 5.71. The Kier molecular flexibility index (Phi) is 4.39. The Balaban J connectivity index is 2.58. The molecule has 0 aliphatic carbocycles. The second kappa shape index (κ2) is 5.81. The number of aliphatic hydroxyl groups is 1. The van der Waals surface area contributed by atoms with Gasteiger partial charge in [0.05, 0.1) is 11.8 Å². The Morgan fingerprint density at radius 2 is 2.05 bits per heavy atom. The van der Waals surface area contributed by atoms with Gasteiger partial charge in [0.1, 0.15) is 18.3 Å². The Hall–Kier alpha value is -1.73. The molecule has 1 heterocycles. The fraction of sp³-hybridized carbons (Fsp3) is 0.467. The van der Waals surface area contributed by atoms with Crippen molar-refractivity contribution in [3.63, 3.8) is 0 Å². The van der Waals surface area contributed by atoms with Crippen molar-refractivity contribution in [3.05, 3.63) is 47.5 Å². The molecule has 1 N–H and O–H groups in total. The number of sulfone groups is 1. The molecule has 0 fully saturated rings. The van der Waals surface area contributed by atoms with Crippen molar-refractivity contribution in [2.45, 2.75) is 38.2 Å². The second-order valence-electron chi connectivity index (χ2n) is 5.81. The Morgan fingerprint density at radius 3 is 2.55 bits per heavy atom. The molecule has 0 spiro atoms. The molecule has 2 aromatic rings. The Labute approximate surface area is 130 Å². The lowest BCUT2D eigenvalue weighted by Crippen LogP contribution is -2.46. The second-order valence-corrected chi connectivity index (χ2v) is 8.17. The summed E-state index contributed by atoms with van der Waals surface area (Å²) in [6.07, 6.45) is 3.95. The summed E-state index contributed by atoms with van der Waals surface area (Å²) < 4.78 is 25.6.